The van der Waals surface area contributed by atoms with E-state index in [9.17, 15) is 8.42 Å². The first-order valence-corrected chi connectivity index (χ1v) is 7.55. The first-order valence-electron chi connectivity index (χ1n) is 5.94. The number of nitrogens with two attached hydrogens (primary N) is 1. The molecule has 0 fully saturated rings. The normalized spacial score (nSPS) is 12.4. The molecule has 0 unspecified atom stereocenters. The highest BCUT2D eigenvalue weighted by Gasteiger charge is 2.22. The molecule has 4 nitrogen and oxygen atoms in total. The van der Waals surface area contributed by atoms with Gasteiger partial charge < -0.3 is 5.73 Å². The van der Waals surface area contributed by atoms with Gasteiger partial charge in [-0.1, -0.05) is 32.9 Å². The molecule has 0 heterocycles. The maximum absolute atomic E-state index is 12.2. The van der Waals surface area contributed by atoms with Gasteiger partial charge in [-0.2, -0.15) is 0 Å². The van der Waals surface area contributed by atoms with E-state index in [1.54, 1.807) is 31.3 Å². The summed E-state index contributed by atoms with van der Waals surface area (Å²) in [5.41, 5.74) is 6.80. The summed E-state index contributed by atoms with van der Waals surface area (Å²) in [6.07, 6.45) is 0.617. The third-order valence-corrected chi connectivity index (χ3v) is 4.55. The summed E-state index contributed by atoms with van der Waals surface area (Å²) < 4.78 is 25.7. The second kappa shape index (κ2) is 5.18. The van der Waals surface area contributed by atoms with Crippen LogP contribution in [0.2, 0.25) is 0 Å². The van der Waals surface area contributed by atoms with Crippen LogP contribution in [-0.4, -0.2) is 21.2 Å². The van der Waals surface area contributed by atoms with Crippen LogP contribution < -0.4 is 10.0 Å². The van der Waals surface area contributed by atoms with Gasteiger partial charge in [0, 0.05) is 7.05 Å². The largest absolute Gasteiger partial charge is 0.397 e. The molecule has 0 radical (unpaired) electrons. The van der Waals surface area contributed by atoms with Crippen molar-refractivity contribution in [2.24, 2.45) is 5.41 Å². The van der Waals surface area contributed by atoms with Crippen LogP contribution >= 0.6 is 0 Å². The number of sulfonamides is 1. The Morgan fingerprint density at radius 2 is 1.78 bits per heavy atom. The lowest BCUT2D eigenvalue weighted by Crippen LogP contribution is -2.31. The Labute approximate surface area is 110 Å². The van der Waals surface area contributed by atoms with Crippen LogP contribution in [0.4, 0.5) is 11.4 Å². The van der Waals surface area contributed by atoms with E-state index in [0.717, 1.165) is 0 Å². The Bertz CT molecular complexity index is 504. The Kier molecular flexibility index (Phi) is 4.27. The molecule has 0 aliphatic rings. The van der Waals surface area contributed by atoms with Crippen LogP contribution in [0.15, 0.2) is 24.3 Å². The topological polar surface area (TPSA) is 63.4 Å². The summed E-state index contributed by atoms with van der Waals surface area (Å²) in [7, 11) is -1.77. The fourth-order valence-corrected chi connectivity index (χ4v) is 3.11. The Hall–Kier alpha value is -1.23. The summed E-state index contributed by atoms with van der Waals surface area (Å²) in [6.45, 7) is 6.08. The second-order valence-electron chi connectivity index (χ2n) is 5.65. The molecule has 1 aromatic rings. The molecule has 0 aromatic heterocycles. The zero-order chi connectivity index (χ0) is 14.0. The van der Waals surface area contributed by atoms with Gasteiger partial charge in [0.05, 0.1) is 17.1 Å². The van der Waals surface area contributed by atoms with Crippen molar-refractivity contribution in [3.63, 3.8) is 0 Å². The Morgan fingerprint density at radius 1 is 1.22 bits per heavy atom. The average Bonchev–Trinajstić information content (AvgIpc) is 2.25. The first-order chi connectivity index (χ1) is 8.13. The standard InChI is InChI=1S/C13H22N2O2S/c1-13(2,3)9-10-18(16,17)15(4)12-8-6-5-7-11(12)14/h5-8H,9-10,14H2,1-4H3. The Balaban J connectivity index is 2.90. The molecule has 1 rings (SSSR count). The summed E-state index contributed by atoms with van der Waals surface area (Å²) in [5, 5.41) is 0. The van der Waals surface area contributed by atoms with Gasteiger partial charge in [-0.15, -0.1) is 0 Å². The monoisotopic (exact) mass is 270 g/mol. The fourth-order valence-electron chi connectivity index (χ4n) is 1.50. The van der Waals surface area contributed by atoms with Gasteiger partial charge in [0.15, 0.2) is 0 Å². The minimum atomic E-state index is -3.32. The van der Waals surface area contributed by atoms with E-state index in [1.165, 1.54) is 4.31 Å². The predicted molar refractivity (Wildman–Crippen MR) is 77.1 cm³/mol. The van der Waals surface area contributed by atoms with Crippen molar-refractivity contribution in [3.05, 3.63) is 24.3 Å². The van der Waals surface area contributed by atoms with Crippen molar-refractivity contribution in [1.29, 1.82) is 0 Å². The second-order valence-corrected chi connectivity index (χ2v) is 7.77. The quantitative estimate of drug-likeness (QED) is 0.855. The molecule has 0 amide bonds. The zero-order valence-electron chi connectivity index (χ0n) is 11.5. The van der Waals surface area contributed by atoms with E-state index in [2.05, 4.69) is 0 Å². The number of nitrogens with zero attached hydrogens (tertiary/aromatic N) is 1. The minimum absolute atomic E-state index is 0.00383. The van der Waals surface area contributed by atoms with Crippen molar-refractivity contribution in [2.75, 3.05) is 22.8 Å². The van der Waals surface area contributed by atoms with Gasteiger partial charge in [0.1, 0.15) is 0 Å². The van der Waals surface area contributed by atoms with Crippen molar-refractivity contribution >= 4 is 21.4 Å². The summed E-state index contributed by atoms with van der Waals surface area (Å²) in [5.74, 6) is 0.126. The summed E-state index contributed by atoms with van der Waals surface area (Å²) >= 11 is 0. The van der Waals surface area contributed by atoms with Gasteiger partial charge >= 0.3 is 0 Å². The number of para-hydroxylation sites is 2. The highest BCUT2D eigenvalue weighted by Crippen LogP contribution is 2.26. The number of anilines is 2. The third kappa shape index (κ3) is 3.91. The Morgan fingerprint density at radius 3 is 2.28 bits per heavy atom. The highest BCUT2D eigenvalue weighted by molar-refractivity contribution is 7.92. The van der Waals surface area contributed by atoms with Crippen molar-refractivity contribution < 1.29 is 8.42 Å². The molecule has 0 aliphatic carbocycles. The molecule has 0 saturated carbocycles. The number of rotatable bonds is 4. The van der Waals surface area contributed by atoms with E-state index in [4.69, 9.17) is 5.73 Å². The molecule has 2 N–H and O–H groups in total. The lowest BCUT2D eigenvalue weighted by molar-refractivity contribution is 0.397. The molecular formula is C13H22N2O2S. The number of hydrogen-bond acceptors (Lipinski definition) is 3. The van der Waals surface area contributed by atoms with Crippen LogP contribution in [0.25, 0.3) is 0 Å². The van der Waals surface area contributed by atoms with Gasteiger partial charge in [-0.05, 0) is 24.0 Å². The molecule has 0 atom stereocenters. The molecule has 0 aliphatic heterocycles. The predicted octanol–water partition coefficient (Wildman–Crippen LogP) is 2.47. The van der Waals surface area contributed by atoms with E-state index in [0.29, 0.717) is 17.8 Å². The summed E-state index contributed by atoms with van der Waals surface area (Å²) in [6, 6.07) is 6.98. The first kappa shape index (κ1) is 14.8. The molecule has 18 heavy (non-hydrogen) atoms. The van der Waals surface area contributed by atoms with Gasteiger partial charge in [-0.25, -0.2) is 8.42 Å². The van der Waals surface area contributed by atoms with E-state index < -0.39 is 10.0 Å². The molecule has 0 saturated heterocycles. The van der Waals surface area contributed by atoms with Gasteiger partial charge in [-0.3, -0.25) is 4.31 Å². The molecular weight excluding hydrogens is 248 g/mol. The summed E-state index contributed by atoms with van der Waals surface area (Å²) in [4.78, 5) is 0. The average molecular weight is 270 g/mol. The van der Waals surface area contributed by atoms with Crippen molar-refractivity contribution in [1.82, 2.24) is 0 Å². The molecule has 102 valence electrons. The van der Waals surface area contributed by atoms with E-state index in [1.807, 2.05) is 20.8 Å². The van der Waals surface area contributed by atoms with Crippen LogP contribution in [0, 0.1) is 5.41 Å². The van der Waals surface area contributed by atoms with Gasteiger partial charge in [0.25, 0.3) is 0 Å². The maximum atomic E-state index is 12.2. The zero-order valence-corrected chi connectivity index (χ0v) is 12.3. The maximum Gasteiger partial charge on any atom is 0.234 e. The molecule has 5 heteroatoms. The SMILES string of the molecule is CN(c1ccccc1N)S(=O)(=O)CCC(C)(C)C. The molecule has 1 aromatic carbocycles. The van der Waals surface area contributed by atoms with Crippen LogP contribution in [0.1, 0.15) is 27.2 Å². The smallest absolute Gasteiger partial charge is 0.234 e. The molecule has 0 bridgehead atoms. The molecule has 0 spiro atoms. The van der Waals surface area contributed by atoms with E-state index >= 15 is 0 Å². The number of benzene rings is 1. The fraction of sp³-hybridized carbons (Fsp3) is 0.538. The van der Waals surface area contributed by atoms with Crippen molar-refractivity contribution in [2.45, 2.75) is 27.2 Å². The third-order valence-electron chi connectivity index (χ3n) is 2.80. The van der Waals surface area contributed by atoms with E-state index in [-0.39, 0.29) is 11.2 Å². The number of hydrogen-bond donors (Lipinski definition) is 1. The van der Waals surface area contributed by atoms with Crippen LogP contribution in [-0.2, 0) is 10.0 Å². The van der Waals surface area contributed by atoms with Crippen LogP contribution in [0.3, 0.4) is 0 Å². The lowest BCUT2D eigenvalue weighted by atomic mass is 9.94. The van der Waals surface area contributed by atoms with Crippen molar-refractivity contribution in [3.8, 4) is 0 Å². The lowest BCUT2D eigenvalue weighted by Gasteiger charge is -2.24. The van der Waals surface area contributed by atoms with Gasteiger partial charge in [0.2, 0.25) is 10.0 Å². The van der Waals surface area contributed by atoms with Crippen LogP contribution in [0.5, 0.6) is 0 Å². The highest BCUT2D eigenvalue weighted by atomic mass is 32.2. The minimum Gasteiger partial charge on any atom is -0.397 e. The number of nitrogen functional groups attached to an aromatic ring is 1.